The van der Waals surface area contributed by atoms with Crippen LogP contribution < -0.4 is 4.74 Å². The quantitative estimate of drug-likeness (QED) is 0.438. The number of benzene rings is 1. The molecule has 2 saturated carbocycles. The van der Waals surface area contributed by atoms with Crippen LogP contribution in [-0.4, -0.2) is 18.2 Å². The van der Waals surface area contributed by atoms with Crippen molar-refractivity contribution in [2.75, 3.05) is 12.4 Å². The van der Waals surface area contributed by atoms with Gasteiger partial charge in [0, 0.05) is 16.7 Å². The fraction of sp³-hybridized carbons (Fsp3) is 0.696. The Kier molecular flexibility index (Phi) is 5.20. The van der Waals surface area contributed by atoms with Crippen molar-refractivity contribution in [1.82, 2.24) is 0 Å². The summed E-state index contributed by atoms with van der Waals surface area (Å²) in [4.78, 5) is 13.2. The van der Waals surface area contributed by atoms with Crippen molar-refractivity contribution in [3.8, 4) is 5.75 Å². The number of alkyl halides is 1. The predicted octanol–water partition coefficient (Wildman–Crippen LogP) is 5.91. The number of ketones is 1. The monoisotopic (exact) mass is 418 g/mol. The van der Waals surface area contributed by atoms with Gasteiger partial charge in [0.2, 0.25) is 0 Å². The van der Waals surface area contributed by atoms with Crippen LogP contribution in [0.25, 0.3) is 0 Å². The molecule has 0 amide bonds. The molecule has 4 rings (SSSR count). The number of Topliss-reactive ketones (excluding diaryl/α,β-unsaturated/α-hetero) is 1. The number of aryl methyl sites for hydroxylation is 1. The van der Waals surface area contributed by atoms with Crippen LogP contribution >= 0.6 is 15.9 Å². The summed E-state index contributed by atoms with van der Waals surface area (Å²) in [5.41, 5.74) is 2.97. The van der Waals surface area contributed by atoms with Gasteiger partial charge >= 0.3 is 0 Å². The van der Waals surface area contributed by atoms with Crippen molar-refractivity contribution in [2.24, 2.45) is 23.2 Å². The number of rotatable bonds is 5. The average Bonchev–Trinajstić information content (AvgIpc) is 2.92. The van der Waals surface area contributed by atoms with Gasteiger partial charge in [0.15, 0.2) is 0 Å². The van der Waals surface area contributed by atoms with E-state index in [4.69, 9.17) is 4.74 Å². The van der Waals surface area contributed by atoms with Crippen LogP contribution in [0.2, 0.25) is 0 Å². The van der Waals surface area contributed by atoms with E-state index < -0.39 is 0 Å². The molecule has 0 spiro atoms. The number of hydrogen-bond donors (Lipinski definition) is 0. The van der Waals surface area contributed by atoms with Crippen molar-refractivity contribution in [1.29, 1.82) is 0 Å². The Balaban J connectivity index is 1.57. The molecule has 3 heteroatoms. The SMILES string of the molecule is COc1ccc2c(c1)CCC1C2CC[C@]2(C)C(=O)C(CCCCBr)CC12. The Labute approximate surface area is 166 Å². The van der Waals surface area contributed by atoms with Crippen LogP contribution in [0.15, 0.2) is 18.2 Å². The normalized spacial score (nSPS) is 35.6. The zero-order valence-electron chi connectivity index (χ0n) is 16.1. The van der Waals surface area contributed by atoms with E-state index in [0.29, 0.717) is 29.5 Å². The van der Waals surface area contributed by atoms with E-state index in [2.05, 4.69) is 41.1 Å². The van der Waals surface area contributed by atoms with Crippen LogP contribution in [0.5, 0.6) is 5.75 Å². The summed E-state index contributed by atoms with van der Waals surface area (Å²) in [5, 5.41) is 1.06. The van der Waals surface area contributed by atoms with Crippen molar-refractivity contribution >= 4 is 21.7 Å². The van der Waals surface area contributed by atoms with Gasteiger partial charge in [-0.3, -0.25) is 4.79 Å². The fourth-order valence-electron chi connectivity index (χ4n) is 6.36. The minimum atomic E-state index is -0.0514. The second-order valence-electron chi connectivity index (χ2n) is 8.92. The third-order valence-electron chi connectivity index (χ3n) is 7.73. The molecule has 3 aliphatic carbocycles. The van der Waals surface area contributed by atoms with Gasteiger partial charge < -0.3 is 4.74 Å². The van der Waals surface area contributed by atoms with Gasteiger partial charge in [0.05, 0.1) is 7.11 Å². The van der Waals surface area contributed by atoms with E-state index in [1.807, 2.05) is 0 Å². The highest BCUT2D eigenvalue weighted by Gasteiger charge is 2.57. The minimum absolute atomic E-state index is 0.0514. The van der Waals surface area contributed by atoms with Gasteiger partial charge in [-0.2, -0.15) is 0 Å². The van der Waals surface area contributed by atoms with Gasteiger partial charge in [0.1, 0.15) is 11.5 Å². The van der Waals surface area contributed by atoms with Crippen molar-refractivity contribution in [2.45, 2.75) is 64.2 Å². The third-order valence-corrected chi connectivity index (χ3v) is 8.29. The Morgan fingerprint density at radius 1 is 1.27 bits per heavy atom. The van der Waals surface area contributed by atoms with Gasteiger partial charge in [0.25, 0.3) is 0 Å². The smallest absolute Gasteiger partial charge is 0.142 e. The maximum Gasteiger partial charge on any atom is 0.142 e. The molecule has 2 nitrogen and oxygen atoms in total. The molecule has 142 valence electrons. The summed E-state index contributed by atoms with van der Waals surface area (Å²) in [6.07, 6.45) is 9.25. The van der Waals surface area contributed by atoms with Gasteiger partial charge in [-0.1, -0.05) is 35.3 Å². The first kappa shape index (κ1) is 18.5. The van der Waals surface area contributed by atoms with Crippen LogP contribution in [-0.2, 0) is 11.2 Å². The first-order valence-electron chi connectivity index (χ1n) is 10.4. The van der Waals surface area contributed by atoms with Gasteiger partial charge in [-0.25, -0.2) is 0 Å². The number of hydrogen-bond acceptors (Lipinski definition) is 2. The summed E-state index contributed by atoms with van der Waals surface area (Å²) in [5.74, 6) is 3.83. The summed E-state index contributed by atoms with van der Waals surface area (Å²) >= 11 is 3.52. The zero-order valence-corrected chi connectivity index (χ0v) is 17.7. The second kappa shape index (κ2) is 7.30. The molecule has 26 heavy (non-hydrogen) atoms. The first-order valence-corrected chi connectivity index (χ1v) is 11.5. The fourth-order valence-corrected chi connectivity index (χ4v) is 6.76. The number of halogens is 1. The predicted molar refractivity (Wildman–Crippen MR) is 109 cm³/mol. The zero-order chi connectivity index (χ0) is 18.3. The molecule has 0 radical (unpaired) electrons. The van der Waals surface area contributed by atoms with Crippen LogP contribution in [0, 0.1) is 23.2 Å². The van der Waals surface area contributed by atoms with Gasteiger partial charge in [-0.05, 0) is 86.0 Å². The van der Waals surface area contributed by atoms with Crippen LogP contribution in [0.1, 0.15) is 68.9 Å². The largest absolute Gasteiger partial charge is 0.497 e. The summed E-state index contributed by atoms with van der Waals surface area (Å²) in [7, 11) is 1.75. The third kappa shape index (κ3) is 2.95. The molecule has 3 aliphatic rings. The number of carbonyl (C=O) groups excluding carboxylic acids is 1. The molecule has 2 fully saturated rings. The lowest BCUT2D eigenvalue weighted by atomic mass is 9.55. The van der Waals surface area contributed by atoms with E-state index >= 15 is 0 Å². The Bertz CT molecular complexity index is 685. The standard InChI is InChI=1S/C23H31BrO2/c1-23-11-10-19-18-9-7-17(26-2)13-15(18)6-8-20(19)21(23)14-16(22(23)25)5-3-4-12-24/h7,9,13,16,19-21H,3-6,8,10-12,14H2,1-2H3/t16?,19?,20?,21?,23-/m0/s1. The van der Waals surface area contributed by atoms with E-state index in [-0.39, 0.29) is 5.41 Å². The minimum Gasteiger partial charge on any atom is -0.497 e. The molecule has 1 aromatic rings. The van der Waals surface area contributed by atoms with E-state index in [1.54, 1.807) is 12.7 Å². The second-order valence-corrected chi connectivity index (χ2v) is 9.71. The average molecular weight is 419 g/mol. The Morgan fingerprint density at radius 2 is 2.12 bits per heavy atom. The highest BCUT2D eigenvalue weighted by atomic mass is 79.9. The molecule has 0 aliphatic heterocycles. The molecule has 0 aromatic heterocycles. The summed E-state index contributed by atoms with van der Waals surface area (Å²) in [6, 6.07) is 6.66. The highest BCUT2D eigenvalue weighted by molar-refractivity contribution is 9.09. The number of fused-ring (bicyclic) bond motifs is 5. The molecule has 0 saturated heterocycles. The lowest BCUT2D eigenvalue weighted by Crippen LogP contribution is -2.42. The topological polar surface area (TPSA) is 26.3 Å². The van der Waals surface area contributed by atoms with Crippen molar-refractivity contribution < 1.29 is 9.53 Å². The van der Waals surface area contributed by atoms with Crippen LogP contribution in [0.4, 0.5) is 0 Å². The molecule has 1 aromatic carbocycles. The molecular formula is C23H31BrO2. The summed E-state index contributed by atoms with van der Waals surface area (Å²) < 4.78 is 5.43. The maximum absolute atomic E-state index is 13.2. The first-order chi connectivity index (χ1) is 12.6. The molecule has 0 N–H and O–H groups in total. The summed E-state index contributed by atoms with van der Waals surface area (Å²) in [6.45, 7) is 2.30. The van der Waals surface area contributed by atoms with E-state index in [1.165, 1.54) is 31.2 Å². The number of carbonyl (C=O) groups is 1. The van der Waals surface area contributed by atoms with E-state index in [0.717, 1.165) is 36.8 Å². The molecular weight excluding hydrogens is 388 g/mol. The maximum atomic E-state index is 13.2. The lowest BCUT2D eigenvalue weighted by molar-refractivity contribution is -0.132. The Hall–Kier alpha value is -0.830. The number of unbranched alkanes of at least 4 members (excludes halogenated alkanes) is 1. The molecule has 0 bridgehead atoms. The number of methoxy groups -OCH3 is 1. The number of ether oxygens (including phenoxy) is 1. The van der Waals surface area contributed by atoms with E-state index in [9.17, 15) is 4.79 Å². The lowest BCUT2D eigenvalue weighted by Gasteiger charge is -2.48. The van der Waals surface area contributed by atoms with Crippen LogP contribution in [0.3, 0.4) is 0 Å². The molecule has 4 unspecified atom stereocenters. The van der Waals surface area contributed by atoms with Gasteiger partial charge in [-0.15, -0.1) is 0 Å². The molecule has 0 heterocycles. The molecule has 5 atom stereocenters. The highest BCUT2D eigenvalue weighted by Crippen LogP contribution is 2.61. The Morgan fingerprint density at radius 3 is 2.88 bits per heavy atom. The van der Waals surface area contributed by atoms with Crippen molar-refractivity contribution in [3.63, 3.8) is 0 Å². The van der Waals surface area contributed by atoms with Crippen molar-refractivity contribution in [3.05, 3.63) is 29.3 Å².